The van der Waals surface area contributed by atoms with Crippen molar-refractivity contribution in [3.63, 3.8) is 0 Å². The molecule has 24 heavy (non-hydrogen) atoms. The minimum atomic E-state index is -1.11. The fraction of sp³-hybridized carbons (Fsp3) is 0.0526. The van der Waals surface area contributed by atoms with Gasteiger partial charge in [0, 0.05) is 5.56 Å². The maximum Gasteiger partial charge on any atom is 0.336 e. The molecule has 3 rings (SSSR count). The van der Waals surface area contributed by atoms with Crippen LogP contribution in [-0.4, -0.2) is 22.2 Å². The lowest BCUT2D eigenvalue weighted by molar-refractivity contribution is 0.0695. The summed E-state index contributed by atoms with van der Waals surface area (Å²) < 4.78 is 0. The number of anilines is 1. The summed E-state index contributed by atoms with van der Waals surface area (Å²) in [4.78, 5) is 23.7. The molecule has 0 fully saturated rings. The summed E-state index contributed by atoms with van der Waals surface area (Å²) in [7, 11) is 0. The molecule has 0 aliphatic heterocycles. The van der Waals surface area contributed by atoms with E-state index < -0.39 is 11.9 Å². The van der Waals surface area contributed by atoms with E-state index in [9.17, 15) is 14.8 Å². The minimum Gasteiger partial charge on any atom is -0.478 e. The Morgan fingerprint density at radius 1 is 0.917 bits per heavy atom. The second-order valence-electron chi connectivity index (χ2n) is 5.43. The van der Waals surface area contributed by atoms with Gasteiger partial charge in [0.1, 0.15) is 0 Å². The highest BCUT2D eigenvalue weighted by atomic mass is 16.5. The van der Waals surface area contributed by atoms with Crippen LogP contribution >= 0.6 is 0 Å². The SMILES string of the molecule is Cc1c(C(=O)O)cccc1N(O)C(=O)c1ccc2ccccc2c1. The van der Waals surface area contributed by atoms with Gasteiger partial charge in [0.15, 0.2) is 0 Å². The first-order valence-corrected chi connectivity index (χ1v) is 7.34. The molecule has 0 radical (unpaired) electrons. The zero-order valence-electron chi connectivity index (χ0n) is 12.9. The van der Waals surface area contributed by atoms with Gasteiger partial charge in [-0.1, -0.05) is 36.4 Å². The molecule has 2 N–H and O–H groups in total. The van der Waals surface area contributed by atoms with Crippen LogP contribution in [0.15, 0.2) is 60.7 Å². The van der Waals surface area contributed by atoms with Crippen LogP contribution in [0, 0.1) is 6.92 Å². The first-order chi connectivity index (χ1) is 11.5. The van der Waals surface area contributed by atoms with Crippen LogP contribution in [0.5, 0.6) is 0 Å². The van der Waals surface area contributed by atoms with Crippen LogP contribution in [0.1, 0.15) is 26.3 Å². The quantitative estimate of drug-likeness (QED) is 0.567. The summed E-state index contributed by atoms with van der Waals surface area (Å²) in [6, 6.07) is 17.1. The van der Waals surface area contributed by atoms with Gasteiger partial charge in [-0.25, -0.2) is 4.79 Å². The lowest BCUT2D eigenvalue weighted by atomic mass is 10.0. The van der Waals surface area contributed by atoms with Crippen LogP contribution in [-0.2, 0) is 0 Å². The first kappa shape index (κ1) is 15.7. The maximum atomic E-state index is 12.6. The van der Waals surface area contributed by atoms with E-state index in [1.807, 2.05) is 24.3 Å². The van der Waals surface area contributed by atoms with E-state index in [0.717, 1.165) is 10.8 Å². The highest BCUT2D eigenvalue weighted by molar-refractivity contribution is 6.07. The lowest BCUT2D eigenvalue weighted by Gasteiger charge is -2.18. The number of carboxylic acid groups (broad SMARTS) is 1. The number of aromatic carboxylic acids is 1. The molecule has 0 aliphatic carbocycles. The number of rotatable bonds is 3. The van der Waals surface area contributed by atoms with Crippen molar-refractivity contribution in [1.29, 1.82) is 0 Å². The number of hydroxylamine groups is 1. The van der Waals surface area contributed by atoms with Crippen LogP contribution in [0.2, 0.25) is 0 Å². The smallest absolute Gasteiger partial charge is 0.336 e. The standard InChI is InChI=1S/C19H15NO4/c1-12-16(19(22)23)7-4-8-17(12)20(24)18(21)15-10-9-13-5-2-3-6-14(13)11-15/h2-11,24H,1H3,(H,22,23). The molecular formula is C19H15NO4. The summed E-state index contributed by atoms with van der Waals surface area (Å²) in [5, 5.41) is 21.8. The van der Waals surface area contributed by atoms with E-state index in [-0.39, 0.29) is 11.3 Å². The molecule has 0 heterocycles. The molecule has 0 bridgehead atoms. The number of fused-ring (bicyclic) bond motifs is 1. The van der Waals surface area contributed by atoms with Gasteiger partial charge in [0.05, 0.1) is 11.3 Å². The Bertz CT molecular complexity index is 949. The number of carbonyl (C=O) groups is 2. The fourth-order valence-corrected chi connectivity index (χ4v) is 2.64. The van der Waals surface area contributed by atoms with E-state index in [1.165, 1.54) is 18.2 Å². The van der Waals surface area contributed by atoms with Crippen LogP contribution < -0.4 is 5.06 Å². The molecule has 3 aromatic carbocycles. The normalized spacial score (nSPS) is 10.6. The predicted molar refractivity (Wildman–Crippen MR) is 90.7 cm³/mol. The van der Waals surface area contributed by atoms with Crippen molar-refractivity contribution in [2.45, 2.75) is 6.92 Å². The third-order valence-electron chi connectivity index (χ3n) is 3.95. The van der Waals surface area contributed by atoms with Crippen molar-refractivity contribution >= 4 is 28.3 Å². The largest absolute Gasteiger partial charge is 0.478 e. The van der Waals surface area contributed by atoms with Crippen molar-refractivity contribution in [3.05, 3.63) is 77.4 Å². The molecule has 5 heteroatoms. The van der Waals surface area contributed by atoms with Crippen LogP contribution in [0.25, 0.3) is 10.8 Å². The molecule has 0 saturated heterocycles. The Morgan fingerprint density at radius 2 is 1.62 bits per heavy atom. The number of carboxylic acids is 1. The van der Waals surface area contributed by atoms with Gasteiger partial charge in [0.25, 0.3) is 5.91 Å². The third kappa shape index (κ3) is 2.73. The Hall–Kier alpha value is -3.18. The second-order valence-corrected chi connectivity index (χ2v) is 5.43. The highest BCUT2D eigenvalue weighted by Crippen LogP contribution is 2.24. The average molecular weight is 321 g/mol. The van der Waals surface area contributed by atoms with E-state index in [1.54, 1.807) is 25.1 Å². The van der Waals surface area contributed by atoms with Crippen LogP contribution in [0.4, 0.5) is 5.69 Å². The zero-order chi connectivity index (χ0) is 17.3. The highest BCUT2D eigenvalue weighted by Gasteiger charge is 2.20. The molecular weight excluding hydrogens is 306 g/mol. The summed E-state index contributed by atoms with van der Waals surface area (Å²) in [6.07, 6.45) is 0. The van der Waals surface area contributed by atoms with Gasteiger partial charge in [0.2, 0.25) is 0 Å². The van der Waals surface area contributed by atoms with Crippen molar-refractivity contribution in [2.75, 3.05) is 5.06 Å². The van der Waals surface area contributed by atoms with Gasteiger partial charge >= 0.3 is 5.97 Å². The van der Waals surface area contributed by atoms with Crippen LogP contribution in [0.3, 0.4) is 0 Å². The third-order valence-corrected chi connectivity index (χ3v) is 3.95. The molecule has 0 atom stereocenters. The van der Waals surface area contributed by atoms with Gasteiger partial charge in [-0.05, 0) is 47.5 Å². The monoisotopic (exact) mass is 321 g/mol. The average Bonchev–Trinajstić information content (AvgIpc) is 2.60. The second kappa shape index (κ2) is 6.14. The van der Waals surface area contributed by atoms with Gasteiger partial charge in [-0.3, -0.25) is 10.0 Å². The number of carbonyl (C=O) groups excluding carboxylic acids is 1. The summed E-state index contributed by atoms with van der Waals surface area (Å²) in [5.41, 5.74) is 0.823. The maximum absolute atomic E-state index is 12.6. The van der Waals surface area contributed by atoms with Crippen molar-refractivity contribution in [1.82, 2.24) is 0 Å². The Labute approximate surface area is 138 Å². The Balaban J connectivity index is 2.00. The number of hydrogen-bond acceptors (Lipinski definition) is 3. The molecule has 3 aromatic rings. The molecule has 0 aromatic heterocycles. The van der Waals surface area contributed by atoms with Crippen molar-refractivity contribution < 1.29 is 19.9 Å². The number of hydrogen-bond donors (Lipinski definition) is 2. The summed E-state index contributed by atoms with van der Waals surface area (Å²) in [6.45, 7) is 1.55. The summed E-state index contributed by atoms with van der Waals surface area (Å²) in [5.74, 6) is -1.73. The van der Waals surface area contributed by atoms with E-state index in [4.69, 9.17) is 5.11 Å². The predicted octanol–water partition coefficient (Wildman–Crippen LogP) is 3.88. The molecule has 5 nitrogen and oxygen atoms in total. The van der Waals surface area contributed by atoms with E-state index in [0.29, 0.717) is 16.2 Å². The zero-order valence-corrected chi connectivity index (χ0v) is 12.9. The van der Waals surface area contributed by atoms with Gasteiger partial charge in [-0.2, -0.15) is 5.06 Å². The summed E-state index contributed by atoms with van der Waals surface area (Å²) >= 11 is 0. The minimum absolute atomic E-state index is 0.0397. The topological polar surface area (TPSA) is 77.8 Å². The fourth-order valence-electron chi connectivity index (χ4n) is 2.64. The molecule has 0 saturated carbocycles. The molecule has 0 unspecified atom stereocenters. The Morgan fingerprint density at radius 3 is 2.33 bits per heavy atom. The van der Waals surface area contributed by atoms with Crippen molar-refractivity contribution in [3.8, 4) is 0 Å². The van der Waals surface area contributed by atoms with Gasteiger partial charge < -0.3 is 5.11 Å². The lowest BCUT2D eigenvalue weighted by Crippen LogP contribution is -2.28. The number of nitrogens with zero attached hydrogens (tertiary/aromatic N) is 1. The first-order valence-electron chi connectivity index (χ1n) is 7.34. The van der Waals surface area contributed by atoms with Gasteiger partial charge in [-0.15, -0.1) is 0 Å². The molecule has 1 amide bonds. The van der Waals surface area contributed by atoms with E-state index in [2.05, 4.69) is 0 Å². The number of benzene rings is 3. The molecule has 0 spiro atoms. The molecule has 0 aliphatic rings. The Kier molecular flexibility index (Phi) is 4.02. The number of amides is 1. The van der Waals surface area contributed by atoms with Crippen molar-refractivity contribution in [2.24, 2.45) is 0 Å². The van der Waals surface area contributed by atoms with E-state index >= 15 is 0 Å². The molecule has 120 valence electrons.